The van der Waals surface area contributed by atoms with Gasteiger partial charge in [0.05, 0.1) is 33.8 Å². The number of carbonyl (C=O) groups excluding carboxylic acids is 2. The van der Waals surface area contributed by atoms with E-state index in [9.17, 15) is 19.0 Å². The minimum absolute atomic E-state index is 0.0251. The molecule has 0 fully saturated rings. The van der Waals surface area contributed by atoms with Crippen LogP contribution in [0.3, 0.4) is 0 Å². The second kappa shape index (κ2) is 54.8. The van der Waals surface area contributed by atoms with Crippen LogP contribution in [0.2, 0.25) is 0 Å². The third-order valence-corrected chi connectivity index (χ3v) is 14.6. The number of nitrogens with zero attached hydrogens (tertiary/aromatic N) is 1. The minimum Gasteiger partial charge on any atom is -0.756 e. The molecule has 0 aliphatic heterocycles. The number of amides is 1. The van der Waals surface area contributed by atoms with Gasteiger partial charge in [-0.15, -0.1) is 0 Å². The van der Waals surface area contributed by atoms with Crippen LogP contribution in [0.25, 0.3) is 0 Å². The lowest BCUT2D eigenvalue weighted by molar-refractivity contribution is -0.870. The van der Waals surface area contributed by atoms with Crippen LogP contribution in [0.1, 0.15) is 278 Å². The largest absolute Gasteiger partial charge is 0.756 e. The van der Waals surface area contributed by atoms with Gasteiger partial charge in [0.15, 0.2) is 0 Å². The number of hydrogen-bond donors (Lipinski definition) is 1. The highest BCUT2D eigenvalue weighted by molar-refractivity contribution is 7.45. The number of phosphoric ester groups is 1. The zero-order chi connectivity index (χ0) is 55.0. The van der Waals surface area contributed by atoms with Crippen molar-refractivity contribution in [3.63, 3.8) is 0 Å². The first-order valence-electron chi connectivity index (χ1n) is 31.2. The number of allylic oxidation sites excluding steroid dienone is 11. The second-order valence-electron chi connectivity index (χ2n) is 22.2. The fourth-order valence-corrected chi connectivity index (χ4v) is 9.57. The molecule has 0 rings (SSSR count). The summed E-state index contributed by atoms with van der Waals surface area (Å²) >= 11 is 0. The molecule has 0 aliphatic carbocycles. The zero-order valence-corrected chi connectivity index (χ0v) is 50.6. The van der Waals surface area contributed by atoms with Gasteiger partial charge in [-0.3, -0.25) is 14.2 Å². The molecular weight excluding hydrogens is 952 g/mol. The lowest BCUT2D eigenvalue weighted by Gasteiger charge is -2.30. The molecule has 0 aromatic carbocycles. The smallest absolute Gasteiger partial charge is 0.306 e. The molecule has 3 unspecified atom stereocenters. The summed E-state index contributed by atoms with van der Waals surface area (Å²) in [7, 11) is 1.18. The van der Waals surface area contributed by atoms with Gasteiger partial charge in [-0.25, -0.2) is 0 Å². The van der Waals surface area contributed by atoms with Gasteiger partial charge in [0.1, 0.15) is 19.3 Å². The number of likely N-dealkylation sites (N-methyl/N-ethyl adjacent to an activating group) is 1. The van der Waals surface area contributed by atoms with Crippen molar-refractivity contribution in [2.24, 2.45) is 0 Å². The Bertz CT molecular complexity index is 1510. The summed E-state index contributed by atoms with van der Waals surface area (Å²) in [5.74, 6) is -0.549. The zero-order valence-electron chi connectivity index (χ0n) is 49.7. The number of ether oxygens (including phenoxy) is 1. The van der Waals surface area contributed by atoms with Crippen molar-refractivity contribution in [1.29, 1.82) is 0 Å². The van der Waals surface area contributed by atoms with E-state index in [0.29, 0.717) is 17.4 Å². The molecule has 0 aromatic heterocycles. The monoisotopic (exact) mass is 1070 g/mol. The van der Waals surface area contributed by atoms with Gasteiger partial charge < -0.3 is 28.5 Å². The predicted molar refractivity (Wildman–Crippen MR) is 321 cm³/mol. The maximum atomic E-state index is 13.5. The molecule has 0 spiro atoms. The van der Waals surface area contributed by atoms with Gasteiger partial charge in [-0.05, 0) is 76.7 Å². The molecule has 75 heavy (non-hydrogen) atoms. The summed E-state index contributed by atoms with van der Waals surface area (Å²) in [4.78, 5) is 40.0. The van der Waals surface area contributed by atoms with Gasteiger partial charge >= 0.3 is 5.97 Å². The molecule has 0 aromatic rings. The van der Waals surface area contributed by atoms with Gasteiger partial charge in [-0.1, -0.05) is 261 Å². The highest BCUT2D eigenvalue weighted by Gasteiger charge is 2.27. The molecule has 1 N–H and O–H groups in total. The summed E-state index contributed by atoms with van der Waals surface area (Å²) in [6, 6.07) is -0.893. The standard InChI is InChI=1S/C65H119N2O7P/c1-7-10-13-16-19-22-25-28-30-31-32-33-34-35-36-37-38-40-43-46-49-52-55-58-65(69)74-63(56-53-50-47-44-41-27-24-21-18-15-12-9-3)62(61-73-75(70,71)72-60-59-67(4,5)6)66-64(68)57-54-51-48-45-42-39-29-26-23-20-17-14-11-8-2/h10,13,19,22,28,30,32-33,35-36,53,56,62-63H,7-9,11-12,14-18,20-21,23-27,29,31,34,37-52,54-55,57-61H2,1-6H3,(H-,66,68,70,71)/b13-10-,22-19-,30-28-,33-32-,36-35-,56-53+. The molecule has 10 heteroatoms. The summed E-state index contributed by atoms with van der Waals surface area (Å²) in [5.41, 5.74) is 0. The van der Waals surface area contributed by atoms with Crippen LogP contribution in [0.4, 0.5) is 0 Å². The van der Waals surface area contributed by atoms with Crippen LogP contribution >= 0.6 is 7.82 Å². The molecule has 0 saturated heterocycles. The first kappa shape index (κ1) is 72.5. The number of hydrogen-bond acceptors (Lipinski definition) is 7. The number of carbonyl (C=O) groups is 2. The molecule has 0 aliphatic rings. The quantitative estimate of drug-likeness (QED) is 0.0212. The predicted octanol–water partition coefficient (Wildman–Crippen LogP) is 18.6. The molecule has 0 heterocycles. The first-order chi connectivity index (χ1) is 36.4. The minimum atomic E-state index is -4.70. The van der Waals surface area contributed by atoms with E-state index in [2.05, 4.69) is 86.8 Å². The maximum Gasteiger partial charge on any atom is 0.306 e. The van der Waals surface area contributed by atoms with Crippen molar-refractivity contribution in [2.45, 2.75) is 290 Å². The Morgan fingerprint density at radius 1 is 0.480 bits per heavy atom. The topological polar surface area (TPSA) is 114 Å². The van der Waals surface area contributed by atoms with Gasteiger partial charge in [0, 0.05) is 12.8 Å². The third-order valence-electron chi connectivity index (χ3n) is 13.7. The van der Waals surface area contributed by atoms with Gasteiger partial charge in [0.2, 0.25) is 5.91 Å². The normalized spacial score (nSPS) is 14.2. The first-order valence-corrected chi connectivity index (χ1v) is 32.7. The number of nitrogens with one attached hydrogen (secondary N) is 1. The Morgan fingerprint density at radius 3 is 1.28 bits per heavy atom. The maximum absolute atomic E-state index is 13.5. The molecule has 9 nitrogen and oxygen atoms in total. The second-order valence-corrected chi connectivity index (χ2v) is 23.6. The fraction of sp³-hybridized carbons (Fsp3) is 0.785. The summed E-state index contributed by atoms with van der Waals surface area (Å²) < 4.78 is 30.3. The van der Waals surface area contributed by atoms with Crippen molar-refractivity contribution in [3.8, 4) is 0 Å². The van der Waals surface area contributed by atoms with E-state index >= 15 is 0 Å². The van der Waals surface area contributed by atoms with E-state index in [0.717, 1.165) is 103 Å². The van der Waals surface area contributed by atoms with E-state index < -0.39 is 26.6 Å². The Hall–Kier alpha value is -2.55. The van der Waals surface area contributed by atoms with E-state index in [-0.39, 0.29) is 24.9 Å². The number of quaternary nitrogens is 1. The van der Waals surface area contributed by atoms with Crippen molar-refractivity contribution < 1.29 is 37.3 Å². The van der Waals surface area contributed by atoms with Gasteiger partial charge in [0.25, 0.3) is 7.82 Å². The third kappa shape index (κ3) is 56.0. The Balaban J connectivity index is 5.22. The van der Waals surface area contributed by atoms with Crippen molar-refractivity contribution in [3.05, 3.63) is 72.9 Å². The highest BCUT2D eigenvalue weighted by atomic mass is 31.2. The van der Waals surface area contributed by atoms with E-state index in [4.69, 9.17) is 13.8 Å². The number of unbranched alkanes of at least 4 members (excludes halogenated alkanes) is 30. The summed E-state index contributed by atoms with van der Waals surface area (Å²) in [6.45, 7) is 6.73. The molecule has 436 valence electrons. The highest BCUT2D eigenvalue weighted by Crippen LogP contribution is 2.38. The molecule has 0 radical (unpaired) electrons. The summed E-state index contributed by atoms with van der Waals surface area (Å²) in [5, 5.41) is 3.03. The van der Waals surface area contributed by atoms with Crippen LogP contribution < -0.4 is 10.2 Å². The van der Waals surface area contributed by atoms with E-state index in [1.807, 2.05) is 33.3 Å². The van der Waals surface area contributed by atoms with Gasteiger partial charge in [-0.2, -0.15) is 0 Å². The Kier molecular flexibility index (Phi) is 52.9. The lowest BCUT2D eigenvalue weighted by atomic mass is 10.0. The Morgan fingerprint density at radius 2 is 0.853 bits per heavy atom. The van der Waals surface area contributed by atoms with Crippen LogP contribution in [-0.4, -0.2) is 69.4 Å². The van der Waals surface area contributed by atoms with Crippen LogP contribution in [0, 0.1) is 0 Å². The molecule has 1 amide bonds. The average molecular weight is 1070 g/mol. The lowest BCUT2D eigenvalue weighted by Crippen LogP contribution is -2.47. The average Bonchev–Trinajstić information content (AvgIpc) is 3.37. The fourth-order valence-electron chi connectivity index (χ4n) is 8.84. The van der Waals surface area contributed by atoms with Crippen molar-refractivity contribution >= 4 is 19.7 Å². The van der Waals surface area contributed by atoms with E-state index in [1.54, 1.807) is 0 Å². The Labute approximate surface area is 463 Å². The van der Waals surface area contributed by atoms with Crippen molar-refractivity contribution in [2.75, 3.05) is 40.9 Å². The van der Waals surface area contributed by atoms with E-state index in [1.165, 1.54) is 141 Å². The number of phosphoric acid groups is 1. The SMILES string of the molecule is CC/C=C\C/C=C\C/C=C\C/C=C\C/C=C\CCCCCCCCCC(=O)OC(/C=C/CCCCCCCCCCCC)C(COP(=O)([O-])OCC[N+](C)(C)C)NC(=O)CCCCCCCCCCCCCCCC. The molecular formula is C65H119N2O7P. The summed E-state index contributed by atoms with van der Waals surface area (Å²) in [6.07, 6.45) is 70.0. The van der Waals surface area contributed by atoms with Crippen LogP contribution in [0.5, 0.6) is 0 Å². The number of esters is 1. The van der Waals surface area contributed by atoms with Crippen molar-refractivity contribution in [1.82, 2.24) is 5.32 Å². The number of rotatable bonds is 56. The molecule has 3 atom stereocenters. The molecule has 0 bridgehead atoms. The van der Waals surface area contributed by atoms with Crippen LogP contribution in [-0.2, 0) is 27.9 Å². The van der Waals surface area contributed by atoms with Crippen LogP contribution in [0.15, 0.2) is 72.9 Å². The molecule has 0 saturated carbocycles.